The van der Waals surface area contributed by atoms with Gasteiger partial charge in [0.15, 0.2) is 0 Å². The Kier molecular flexibility index (Phi) is 3.54. The molecule has 18 heavy (non-hydrogen) atoms. The van der Waals surface area contributed by atoms with E-state index in [-0.39, 0.29) is 5.41 Å². The van der Waals surface area contributed by atoms with Gasteiger partial charge in [-0.05, 0) is 32.6 Å². The van der Waals surface area contributed by atoms with E-state index in [0.717, 1.165) is 23.1 Å². The van der Waals surface area contributed by atoms with E-state index in [2.05, 4.69) is 43.0 Å². The molecule has 1 aliphatic rings. The van der Waals surface area contributed by atoms with Crippen LogP contribution in [0.4, 0.5) is 5.82 Å². The summed E-state index contributed by atoms with van der Waals surface area (Å²) in [5, 5.41) is 4.05. The molecule has 1 fully saturated rings. The molecular weight excluding hydrogens is 246 g/mol. The molecule has 0 aliphatic heterocycles. The Morgan fingerprint density at radius 2 is 1.89 bits per heavy atom. The van der Waals surface area contributed by atoms with Gasteiger partial charge in [0, 0.05) is 17.0 Å². The van der Waals surface area contributed by atoms with Crippen LogP contribution in [0.1, 0.15) is 51.9 Å². The van der Waals surface area contributed by atoms with E-state index in [1.54, 1.807) is 0 Å². The lowest BCUT2D eigenvalue weighted by molar-refractivity contribution is 0.544. The molecule has 2 rings (SSSR count). The first kappa shape index (κ1) is 13.6. The van der Waals surface area contributed by atoms with Crippen LogP contribution in [0.3, 0.4) is 0 Å². The number of hydrogen-bond donors (Lipinski definition) is 1. The van der Waals surface area contributed by atoms with Gasteiger partial charge in [-0.3, -0.25) is 0 Å². The molecule has 3 nitrogen and oxygen atoms in total. The third-order valence-corrected chi connectivity index (χ3v) is 3.82. The molecule has 1 N–H and O–H groups in total. The van der Waals surface area contributed by atoms with Crippen molar-refractivity contribution in [1.82, 2.24) is 9.97 Å². The second-order valence-corrected chi connectivity index (χ2v) is 6.69. The minimum Gasteiger partial charge on any atom is -0.367 e. The molecule has 0 aromatic carbocycles. The fourth-order valence-electron chi connectivity index (χ4n) is 1.89. The molecule has 0 amide bonds. The third kappa shape index (κ3) is 2.94. The lowest BCUT2D eigenvalue weighted by Crippen LogP contribution is -2.22. The number of rotatable bonds is 3. The number of nitrogens with zero attached hydrogens (tertiary/aromatic N) is 2. The Balaban J connectivity index is 2.30. The van der Waals surface area contributed by atoms with Gasteiger partial charge in [0.2, 0.25) is 0 Å². The summed E-state index contributed by atoms with van der Waals surface area (Å²) in [7, 11) is 0. The Labute approximate surface area is 114 Å². The van der Waals surface area contributed by atoms with Crippen LogP contribution in [-0.2, 0) is 5.41 Å². The predicted octanol–water partition coefficient (Wildman–Crippen LogP) is 3.95. The summed E-state index contributed by atoms with van der Waals surface area (Å²) in [6.45, 7) is 10.5. The molecule has 1 aliphatic carbocycles. The summed E-state index contributed by atoms with van der Waals surface area (Å²) in [4.78, 5) is 9.03. The highest BCUT2D eigenvalue weighted by Crippen LogP contribution is 2.35. The van der Waals surface area contributed by atoms with Crippen molar-refractivity contribution in [2.24, 2.45) is 5.92 Å². The van der Waals surface area contributed by atoms with E-state index in [1.807, 2.05) is 6.92 Å². The summed E-state index contributed by atoms with van der Waals surface area (Å²) in [5.74, 6) is 2.47. The van der Waals surface area contributed by atoms with Gasteiger partial charge in [-0.2, -0.15) is 0 Å². The zero-order valence-corrected chi connectivity index (χ0v) is 12.6. The van der Waals surface area contributed by atoms with Crippen LogP contribution in [0.5, 0.6) is 0 Å². The van der Waals surface area contributed by atoms with Gasteiger partial charge >= 0.3 is 0 Å². The summed E-state index contributed by atoms with van der Waals surface area (Å²) in [6, 6.07) is 0.461. The number of anilines is 1. The SMILES string of the molecule is Cc1c(Cl)nc(C(C)(C)C)nc1NC(C)C1CC1. The molecule has 1 unspecified atom stereocenters. The van der Waals surface area contributed by atoms with Crippen molar-refractivity contribution in [3.05, 3.63) is 16.5 Å². The van der Waals surface area contributed by atoms with Crippen molar-refractivity contribution in [2.75, 3.05) is 5.32 Å². The zero-order valence-electron chi connectivity index (χ0n) is 11.8. The van der Waals surface area contributed by atoms with Crippen LogP contribution in [0.25, 0.3) is 0 Å². The Morgan fingerprint density at radius 3 is 2.39 bits per heavy atom. The molecule has 1 atom stereocenters. The van der Waals surface area contributed by atoms with Gasteiger partial charge in [-0.1, -0.05) is 32.4 Å². The quantitative estimate of drug-likeness (QED) is 0.843. The average molecular weight is 268 g/mol. The van der Waals surface area contributed by atoms with E-state index in [4.69, 9.17) is 11.6 Å². The van der Waals surface area contributed by atoms with Gasteiger partial charge < -0.3 is 5.32 Å². The highest BCUT2D eigenvalue weighted by atomic mass is 35.5. The fraction of sp³-hybridized carbons (Fsp3) is 0.714. The number of halogens is 1. The molecule has 0 bridgehead atoms. The molecule has 1 aromatic heterocycles. The summed E-state index contributed by atoms with van der Waals surface area (Å²) in [5.41, 5.74) is 0.855. The van der Waals surface area contributed by atoms with E-state index >= 15 is 0 Å². The van der Waals surface area contributed by atoms with Gasteiger partial charge in [-0.15, -0.1) is 0 Å². The first-order valence-corrected chi connectivity index (χ1v) is 6.98. The largest absolute Gasteiger partial charge is 0.367 e. The van der Waals surface area contributed by atoms with E-state index in [9.17, 15) is 0 Å². The van der Waals surface area contributed by atoms with Crippen LogP contribution in [0, 0.1) is 12.8 Å². The fourth-order valence-corrected chi connectivity index (χ4v) is 2.06. The highest BCUT2D eigenvalue weighted by Gasteiger charge is 2.29. The van der Waals surface area contributed by atoms with Gasteiger partial charge in [-0.25, -0.2) is 9.97 Å². The van der Waals surface area contributed by atoms with Gasteiger partial charge in [0.1, 0.15) is 16.8 Å². The van der Waals surface area contributed by atoms with Crippen LogP contribution < -0.4 is 5.32 Å². The monoisotopic (exact) mass is 267 g/mol. The van der Waals surface area contributed by atoms with Crippen molar-refractivity contribution >= 4 is 17.4 Å². The molecule has 100 valence electrons. The Bertz CT molecular complexity index is 447. The lowest BCUT2D eigenvalue weighted by Gasteiger charge is -2.21. The Hall–Kier alpha value is -0.830. The summed E-state index contributed by atoms with van der Waals surface area (Å²) < 4.78 is 0. The minimum absolute atomic E-state index is 0.0867. The molecule has 1 saturated carbocycles. The lowest BCUT2D eigenvalue weighted by atomic mass is 9.95. The molecule has 0 radical (unpaired) electrons. The van der Waals surface area contributed by atoms with Crippen LogP contribution >= 0.6 is 11.6 Å². The average Bonchev–Trinajstić information content (AvgIpc) is 3.06. The van der Waals surface area contributed by atoms with Crippen LogP contribution in [0.15, 0.2) is 0 Å². The standard InChI is InChI=1S/C14H22ClN3/c1-8-11(15)17-13(14(3,4)5)18-12(8)16-9(2)10-6-7-10/h9-10H,6-7H2,1-5H3,(H,16,17,18). The Morgan fingerprint density at radius 1 is 1.28 bits per heavy atom. The van der Waals surface area contributed by atoms with Crippen molar-refractivity contribution < 1.29 is 0 Å². The van der Waals surface area contributed by atoms with Crippen LogP contribution in [-0.4, -0.2) is 16.0 Å². The predicted molar refractivity (Wildman–Crippen MR) is 76.3 cm³/mol. The molecule has 0 saturated heterocycles. The topological polar surface area (TPSA) is 37.8 Å². The van der Waals surface area contributed by atoms with Gasteiger partial charge in [0.05, 0.1) is 0 Å². The van der Waals surface area contributed by atoms with Crippen LogP contribution in [0.2, 0.25) is 5.15 Å². The normalized spacial score (nSPS) is 17.7. The van der Waals surface area contributed by atoms with Crippen molar-refractivity contribution in [1.29, 1.82) is 0 Å². The smallest absolute Gasteiger partial charge is 0.137 e. The second-order valence-electron chi connectivity index (χ2n) is 6.33. The first-order valence-electron chi connectivity index (χ1n) is 6.60. The first-order chi connectivity index (χ1) is 8.29. The number of nitrogens with one attached hydrogen (secondary N) is 1. The maximum Gasteiger partial charge on any atom is 0.137 e. The van der Waals surface area contributed by atoms with Crippen molar-refractivity contribution in [3.8, 4) is 0 Å². The molecular formula is C14H22ClN3. The van der Waals surface area contributed by atoms with Crippen molar-refractivity contribution in [3.63, 3.8) is 0 Å². The number of aromatic nitrogens is 2. The molecule has 1 aromatic rings. The van der Waals surface area contributed by atoms with Crippen molar-refractivity contribution in [2.45, 2.75) is 58.9 Å². The zero-order chi connectivity index (χ0) is 13.5. The summed E-state index contributed by atoms with van der Waals surface area (Å²) in [6.07, 6.45) is 2.64. The van der Waals surface area contributed by atoms with E-state index in [1.165, 1.54) is 12.8 Å². The maximum absolute atomic E-state index is 6.21. The van der Waals surface area contributed by atoms with Gasteiger partial charge in [0.25, 0.3) is 0 Å². The van der Waals surface area contributed by atoms with E-state index in [0.29, 0.717) is 11.2 Å². The number of hydrogen-bond acceptors (Lipinski definition) is 3. The second kappa shape index (κ2) is 4.69. The summed E-state index contributed by atoms with van der Waals surface area (Å²) >= 11 is 6.21. The molecule has 4 heteroatoms. The minimum atomic E-state index is -0.0867. The molecule has 1 heterocycles. The van der Waals surface area contributed by atoms with E-state index < -0.39 is 0 Å². The highest BCUT2D eigenvalue weighted by molar-refractivity contribution is 6.30. The third-order valence-electron chi connectivity index (χ3n) is 3.45. The maximum atomic E-state index is 6.21. The molecule has 0 spiro atoms.